The Balaban J connectivity index is 0.00000450. The fraction of sp³-hybridized carbons (Fsp3) is 0.667. The normalized spacial score (nSPS) is 17.7. The van der Waals surface area contributed by atoms with Crippen LogP contribution in [0.4, 0.5) is 8.78 Å². The SMILES string of the molecule is CCNC(=NCC(c1c(F)cccc1F)N(C)C)NCCCOCC1CCCO1.I. The van der Waals surface area contributed by atoms with Gasteiger partial charge in [-0.2, -0.15) is 0 Å². The molecule has 0 spiro atoms. The smallest absolute Gasteiger partial charge is 0.191 e. The number of benzene rings is 1. The van der Waals surface area contributed by atoms with E-state index in [1.165, 1.54) is 18.2 Å². The van der Waals surface area contributed by atoms with Gasteiger partial charge in [-0.15, -0.1) is 24.0 Å². The largest absolute Gasteiger partial charge is 0.379 e. The number of halogens is 3. The summed E-state index contributed by atoms with van der Waals surface area (Å²) in [4.78, 5) is 6.30. The zero-order valence-electron chi connectivity index (χ0n) is 18.1. The molecule has 1 aromatic carbocycles. The van der Waals surface area contributed by atoms with Crippen molar-refractivity contribution in [2.24, 2.45) is 4.99 Å². The topological polar surface area (TPSA) is 58.1 Å². The molecule has 2 atom stereocenters. The van der Waals surface area contributed by atoms with Gasteiger partial charge in [0.05, 0.1) is 25.3 Å². The molecule has 0 bridgehead atoms. The fourth-order valence-corrected chi connectivity index (χ4v) is 3.23. The maximum Gasteiger partial charge on any atom is 0.191 e. The van der Waals surface area contributed by atoms with E-state index in [1.807, 2.05) is 6.92 Å². The number of guanidine groups is 1. The Labute approximate surface area is 195 Å². The Hall–Kier alpha value is -1.04. The minimum atomic E-state index is -0.555. The zero-order valence-corrected chi connectivity index (χ0v) is 20.5. The van der Waals surface area contributed by atoms with Gasteiger partial charge < -0.3 is 25.0 Å². The quantitative estimate of drug-likeness (QED) is 0.195. The third-order valence-corrected chi connectivity index (χ3v) is 4.81. The summed E-state index contributed by atoms with van der Waals surface area (Å²) in [6, 6.07) is 3.43. The standard InChI is InChI=1S/C21H34F2N4O2.HI/c1-4-24-21(25-11-7-12-28-15-16-8-6-13-29-16)26-14-19(27(2)3)20-17(22)9-5-10-18(20)23;/h5,9-10,16,19H,4,6-8,11-15H2,1-3H3,(H2,24,25,26);1H. The molecule has 1 aliphatic heterocycles. The summed E-state index contributed by atoms with van der Waals surface area (Å²) in [6.45, 7) is 5.72. The van der Waals surface area contributed by atoms with Gasteiger partial charge >= 0.3 is 0 Å². The molecule has 2 N–H and O–H groups in total. The number of hydrogen-bond donors (Lipinski definition) is 2. The highest BCUT2D eigenvalue weighted by atomic mass is 127. The molecule has 0 amide bonds. The van der Waals surface area contributed by atoms with Crippen LogP contribution in [0.25, 0.3) is 0 Å². The summed E-state index contributed by atoms with van der Waals surface area (Å²) in [5, 5.41) is 6.41. The lowest BCUT2D eigenvalue weighted by Crippen LogP contribution is -2.39. The van der Waals surface area contributed by atoms with Crippen molar-refractivity contribution in [2.75, 3.05) is 53.6 Å². The Morgan fingerprint density at radius 3 is 2.63 bits per heavy atom. The van der Waals surface area contributed by atoms with Crippen LogP contribution in [-0.2, 0) is 9.47 Å². The van der Waals surface area contributed by atoms with Crippen LogP contribution < -0.4 is 10.6 Å². The van der Waals surface area contributed by atoms with Gasteiger partial charge in [-0.3, -0.25) is 4.99 Å². The lowest BCUT2D eigenvalue weighted by molar-refractivity contribution is 0.0168. The van der Waals surface area contributed by atoms with Crippen LogP contribution in [0.15, 0.2) is 23.2 Å². The number of hydrogen-bond acceptors (Lipinski definition) is 4. The van der Waals surface area contributed by atoms with E-state index in [1.54, 1.807) is 19.0 Å². The van der Waals surface area contributed by atoms with Gasteiger partial charge in [0.15, 0.2) is 5.96 Å². The molecule has 172 valence electrons. The van der Waals surface area contributed by atoms with Gasteiger partial charge in [0.2, 0.25) is 0 Å². The highest BCUT2D eigenvalue weighted by Gasteiger charge is 2.22. The molecule has 0 aromatic heterocycles. The highest BCUT2D eigenvalue weighted by molar-refractivity contribution is 14.0. The summed E-state index contributed by atoms with van der Waals surface area (Å²) in [5.41, 5.74) is 0.0413. The first-order chi connectivity index (χ1) is 14.0. The second-order valence-electron chi connectivity index (χ2n) is 7.32. The summed E-state index contributed by atoms with van der Waals surface area (Å²) >= 11 is 0. The summed E-state index contributed by atoms with van der Waals surface area (Å²) < 4.78 is 39.6. The number of nitrogens with one attached hydrogen (secondary N) is 2. The van der Waals surface area contributed by atoms with Crippen LogP contribution in [0, 0.1) is 11.6 Å². The van der Waals surface area contributed by atoms with Crippen molar-refractivity contribution < 1.29 is 18.3 Å². The molecule has 1 heterocycles. The van der Waals surface area contributed by atoms with Crippen LogP contribution >= 0.6 is 24.0 Å². The van der Waals surface area contributed by atoms with E-state index in [4.69, 9.17) is 9.47 Å². The van der Waals surface area contributed by atoms with E-state index in [0.29, 0.717) is 32.3 Å². The van der Waals surface area contributed by atoms with Crippen LogP contribution in [0.1, 0.15) is 37.8 Å². The second-order valence-corrected chi connectivity index (χ2v) is 7.32. The Morgan fingerprint density at radius 2 is 2.03 bits per heavy atom. The van der Waals surface area contributed by atoms with Crippen molar-refractivity contribution in [3.8, 4) is 0 Å². The van der Waals surface area contributed by atoms with E-state index in [0.717, 1.165) is 25.9 Å². The van der Waals surface area contributed by atoms with Gasteiger partial charge in [-0.1, -0.05) is 6.07 Å². The summed E-state index contributed by atoms with van der Waals surface area (Å²) in [6.07, 6.45) is 3.26. The number of aliphatic imine (C=N–C) groups is 1. The maximum absolute atomic E-state index is 14.2. The zero-order chi connectivity index (χ0) is 21.1. The molecule has 9 heteroatoms. The highest BCUT2D eigenvalue weighted by Crippen LogP contribution is 2.24. The molecule has 1 aromatic rings. The monoisotopic (exact) mass is 540 g/mol. The molecule has 1 fully saturated rings. The average molecular weight is 540 g/mol. The lowest BCUT2D eigenvalue weighted by atomic mass is 10.0. The Bertz CT molecular complexity index is 623. The van der Waals surface area contributed by atoms with Crippen molar-refractivity contribution in [3.63, 3.8) is 0 Å². The van der Waals surface area contributed by atoms with Gasteiger partial charge in [0, 0.05) is 31.9 Å². The Kier molecular flexibility index (Phi) is 13.4. The van der Waals surface area contributed by atoms with E-state index in [9.17, 15) is 8.78 Å². The first-order valence-corrected chi connectivity index (χ1v) is 10.3. The van der Waals surface area contributed by atoms with Crippen LogP contribution in [0.3, 0.4) is 0 Å². The molecule has 2 rings (SSSR count). The lowest BCUT2D eigenvalue weighted by Gasteiger charge is -2.24. The molecule has 0 radical (unpaired) electrons. The van der Waals surface area contributed by atoms with Gasteiger partial charge in [0.25, 0.3) is 0 Å². The van der Waals surface area contributed by atoms with Crippen LogP contribution in [-0.4, -0.2) is 70.5 Å². The number of ether oxygens (including phenoxy) is 2. The molecule has 0 saturated carbocycles. The summed E-state index contributed by atoms with van der Waals surface area (Å²) in [7, 11) is 3.58. The predicted molar refractivity (Wildman–Crippen MR) is 127 cm³/mol. The third kappa shape index (κ3) is 8.99. The summed E-state index contributed by atoms with van der Waals surface area (Å²) in [5.74, 6) is -0.490. The average Bonchev–Trinajstić information content (AvgIpc) is 3.19. The second kappa shape index (κ2) is 14.9. The minimum absolute atomic E-state index is 0. The number of nitrogens with zero attached hydrogens (tertiary/aromatic N) is 2. The molecular formula is C21H35F2IN4O2. The van der Waals surface area contributed by atoms with Crippen molar-refractivity contribution in [3.05, 3.63) is 35.4 Å². The van der Waals surface area contributed by atoms with Crippen molar-refractivity contribution in [2.45, 2.75) is 38.3 Å². The molecule has 1 saturated heterocycles. The third-order valence-electron chi connectivity index (χ3n) is 4.81. The number of rotatable bonds is 11. The molecule has 6 nitrogen and oxygen atoms in total. The Morgan fingerprint density at radius 1 is 1.30 bits per heavy atom. The molecule has 30 heavy (non-hydrogen) atoms. The molecular weight excluding hydrogens is 505 g/mol. The van der Waals surface area contributed by atoms with Crippen LogP contribution in [0.2, 0.25) is 0 Å². The minimum Gasteiger partial charge on any atom is -0.379 e. The van der Waals surface area contributed by atoms with Gasteiger partial charge in [-0.05, 0) is 52.4 Å². The van der Waals surface area contributed by atoms with E-state index >= 15 is 0 Å². The maximum atomic E-state index is 14.2. The number of likely N-dealkylation sites (N-methyl/N-ethyl adjacent to an activating group) is 1. The van der Waals surface area contributed by atoms with Crippen LogP contribution in [0.5, 0.6) is 0 Å². The first kappa shape index (κ1) is 27.0. The van der Waals surface area contributed by atoms with Gasteiger partial charge in [0.1, 0.15) is 11.6 Å². The van der Waals surface area contributed by atoms with Crippen molar-refractivity contribution >= 4 is 29.9 Å². The van der Waals surface area contributed by atoms with E-state index in [-0.39, 0.29) is 42.2 Å². The van der Waals surface area contributed by atoms with E-state index in [2.05, 4.69) is 15.6 Å². The van der Waals surface area contributed by atoms with Gasteiger partial charge in [-0.25, -0.2) is 8.78 Å². The predicted octanol–water partition coefficient (Wildman–Crippen LogP) is 3.33. The first-order valence-electron chi connectivity index (χ1n) is 10.3. The van der Waals surface area contributed by atoms with Crippen molar-refractivity contribution in [1.82, 2.24) is 15.5 Å². The molecule has 2 unspecified atom stereocenters. The molecule has 1 aliphatic rings. The van der Waals surface area contributed by atoms with E-state index < -0.39 is 17.7 Å². The van der Waals surface area contributed by atoms with Crippen molar-refractivity contribution in [1.29, 1.82) is 0 Å². The fourth-order valence-electron chi connectivity index (χ4n) is 3.23. The molecule has 0 aliphatic carbocycles.